The lowest BCUT2D eigenvalue weighted by Gasteiger charge is -2.14. The fourth-order valence-electron chi connectivity index (χ4n) is 5.33. The number of hydrogen-bond donors (Lipinski definition) is 3. The number of hydrogen-bond acceptors (Lipinski definition) is 7. The molecule has 0 aliphatic rings. The van der Waals surface area contributed by atoms with Crippen molar-refractivity contribution in [3.8, 4) is 22.9 Å². The molecule has 0 aliphatic heterocycles. The molecule has 0 radical (unpaired) electrons. The highest BCUT2D eigenvalue weighted by Gasteiger charge is 2.21. The van der Waals surface area contributed by atoms with Gasteiger partial charge in [-0.15, -0.1) is 23.1 Å². The molecule has 0 saturated heterocycles. The summed E-state index contributed by atoms with van der Waals surface area (Å²) >= 11 is 2.63. The van der Waals surface area contributed by atoms with Gasteiger partial charge in [0.1, 0.15) is 29.1 Å². The molecule has 0 bridgehead atoms. The summed E-state index contributed by atoms with van der Waals surface area (Å²) in [7, 11) is 0. The highest BCUT2D eigenvalue weighted by atomic mass is 32.2. The highest BCUT2D eigenvalue weighted by Crippen LogP contribution is 2.36. The Balaban J connectivity index is 1.13. The average Bonchev–Trinajstić information content (AvgIpc) is 3.60. The number of aryl methyl sites for hydroxylation is 1. The Kier molecular flexibility index (Phi) is 12.4. The van der Waals surface area contributed by atoms with Crippen LogP contribution < -0.4 is 20.7 Å². The molecule has 1 unspecified atom stereocenters. The summed E-state index contributed by atoms with van der Waals surface area (Å²) in [6.07, 6.45) is 1.60. The second kappa shape index (κ2) is 17.9. The van der Waals surface area contributed by atoms with Gasteiger partial charge in [-0.25, -0.2) is 0 Å². The van der Waals surface area contributed by atoms with E-state index in [0.29, 0.717) is 39.7 Å². The molecule has 8 nitrogen and oxygen atoms in total. The van der Waals surface area contributed by atoms with Gasteiger partial charge in [0.2, 0.25) is 5.91 Å². The standard InChI is InChI=1S/C44H36N4O4S2/c1-29-16-20-33(21-17-29)39-28-53-44(38(39)26-45)48-41(49)30(2)54-37-15-9-14-35(25-37)46-43(51)40(47-42(50)34-12-7-4-8-13-34)24-31-18-22-36(23-19-31)52-27-32-10-5-3-6-11-32/h3-25,28,30H,27H2,1-2H3,(H,46,51)(H,47,50)(H,48,49)/b40-24+. The van der Waals surface area contributed by atoms with Gasteiger partial charge >= 0.3 is 0 Å². The third-order valence-corrected chi connectivity index (χ3v) is 10.2. The zero-order valence-corrected chi connectivity index (χ0v) is 31.2. The van der Waals surface area contributed by atoms with Crippen LogP contribution in [-0.2, 0) is 16.2 Å². The molecule has 5 aromatic carbocycles. The Hall–Kier alpha value is -6.41. The van der Waals surface area contributed by atoms with Crippen molar-refractivity contribution in [2.75, 3.05) is 10.6 Å². The van der Waals surface area contributed by atoms with Crippen LogP contribution in [0.5, 0.6) is 5.75 Å². The van der Waals surface area contributed by atoms with Crippen molar-refractivity contribution in [2.24, 2.45) is 0 Å². The topological polar surface area (TPSA) is 120 Å². The van der Waals surface area contributed by atoms with Crippen LogP contribution in [0.3, 0.4) is 0 Å². The number of benzene rings is 5. The highest BCUT2D eigenvalue weighted by molar-refractivity contribution is 8.00. The first-order valence-electron chi connectivity index (χ1n) is 17.1. The SMILES string of the molecule is Cc1ccc(-c2csc(NC(=O)C(C)Sc3cccc(NC(=O)/C(=C\c4ccc(OCc5ccccc5)cc4)NC(=O)c4ccccc4)c3)c2C#N)cc1. The van der Waals surface area contributed by atoms with E-state index in [1.807, 2.05) is 103 Å². The van der Waals surface area contributed by atoms with Crippen molar-refractivity contribution in [3.63, 3.8) is 0 Å². The first kappa shape index (κ1) is 37.4. The molecule has 54 heavy (non-hydrogen) atoms. The van der Waals surface area contributed by atoms with Gasteiger partial charge in [-0.05, 0) is 79.1 Å². The van der Waals surface area contributed by atoms with Crippen LogP contribution >= 0.6 is 23.1 Å². The smallest absolute Gasteiger partial charge is 0.272 e. The lowest BCUT2D eigenvalue weighted by atomic mass is 10.0. The summed E-state index contributed by atoms with van der Waals surface area (Å²) in [5.41, 5.74) is 5.89. The van der Waals surface area contributed by atoms with Crippen molar-refractivity contribution in [2.45, 2.75) is 30.6 Å². The monoisotopic (exact) mass is 748 g/mol. The number of carbonyl (C=O) groups is 3. The normalized spacial score (nSPS) is 11.5. The molecule has 1 atom stereocenters. The van der Waals surface area contributed by atoms with Crippen molar-refractivity contribution < 1.29 is 19.1 Å². The Morgan fingerprint density at radius 2 is 1.56 bits per heavy atom. The predicted octanol–water partition coefficient (Wildman–Crippen LogP) is 9.70. The molecule has 0 saturated carbocycles. The molecule has 6 aromatic rings. The number of nitrogens with one attached hydrogen (secondary N) is 3. The van der Waals surface area contributed by atoms with E-state index in [4.69, 9.17) is 4.74 Å². The molecule has 0 spiro atoms. The first-order chi connectivity index (χ1) is 26.2. The summed E-state index contributed by atoms with van der Waals surface area (Å²) in [5, 5.41) is 20.4. The molecule has 0 aliphatic carbocycles. The molecule has 6 rings (SSSR count). The predicted molar refractivity (Wildman–Crippen MR) is 217 cm³/mol. The maximum atomic E-state index is 13.7. The summed E-state index contributed by atoms with van der Waals surface area (Å²) in [5.74, 6) is -0.544. The largest absolute Gasteiger partial charge is 0.489 e. The first-order valence-corrected chi connectivity index (χ1v) is 18.8. The van der Waals surface area contributed by atoms with Crippen LogP contribution in [0.15, 0.2) is 149 Å². The Morgan fingerprint density at radius 1 is 0.852 bits per heavy atom. The minimum atomic E-state index is -0.525. The fraction of sp³-hybridized carbons (Fsp3) is 0.0909. The van der Waals surface area contributed by atoms with Gasteiger partial charge in [-0.1, -0.05) is 96.6 Å². The lowest BCUT2D eigenvalue weighted by molar-refractivity contribution is -0.115. The van der Waals surface area contributed by atoms with E-state index < -0.39 is 17.1 Å². The number of anilines is 2. The zero-order chi connectivity index (χ0) is 37.9. The molecule has 1 heterocycles. The number of nitriles is 1. The number of amides is 3. The van der Waals surface area contributed by atoms with Crippen LogP contribution in [0.4, 0.5) is 10.7 Å². The van der Waals surface area contributed by atoms with Gasteiger partial charge in [0.25, 0.3) is 11.8 Å². The number of thiophene rings is 1. The van der Waals surface area contributed by atoms with Crippen molar-refractivity contribution >= 4 is 57.6 Å². The molecule has 3 amide bonds. The molecular weight excluding hydrogens is 713 g/mol. The fourth-order valence-corrected chi connectivity index (χ4v) is 7.18. The zero-order valence-electron chi connectivity index (χ0n) is 29.5. The summed E-state index contributed by atoms with van der Waals surface area (Å²) in [6.45, 7) is 4.20. The molecular formula is C44H36N4O4S2. The molecule has 1 aromatic heterocycles. The number of ether oxygens (including phenoxy) is 1. The van der Waals surface area contributed by atoms with E-state index in [1.165, 1.54) is 23.1 Å². The Labute approximate surface area is 322 Å². The molecule has 10 heteroatoms. The number of rotatable bonds is 13. The van der Waals surface area contributed by atoms with Crippen LogP contribution in [0.25, 0.3) is 17.2 Å². The number of carbonyl (C=O) groups excluding carboxylic acids is 3. The van der Waals surface area contributed by atoms with Gasteiger partial charge < -0.3 is 20.7 Å². The van der Waals surface area contributed by atoms with Crippen molar-refractivity contribution in [1.29, 1.82) is 5.26 Å². The maximum Gasteiger partial charge on any atom is 0.272 e. The van der Waals surface area contributed by atoms with Crippen LogP contribution in [0.1, 0.15) is 39.5 Å². The van der Waals surface area contributed by atoms with Crippen molar-refractivity contribution in [3.05, 3.63) is 172 Å². The van der Waals surface area contributed by atoms with Crippen molar-refractivity contribution in [1.82, 2.24) is 5.32 Å². The molecule has 0 fully saturated rings. The van der Waals surface area contributed by atoms with E-state index in [0.717, 1.165) is 27.1 Å². The third kappa shape index (κ3) is 9.92. The van der Waals surface area contributed by atoms with E-state index in [2.05, 4.69) is 22.0 Å². The van der Waals surface area contributed by atoms with Gasteiger partial charge in [0.05, 0.1) is 10.8 Å². The Morgan fingerprint density at radius 3 is 2.26 bits per heavy atom. The van der Waals surface area contributed by atoms with Gasteiger partial charge in [0, 0.05) is 27.1 Å². The molecule has 268 valence electrons. The van der Waals surface area contributed by atoms with E-state index in [-0.39, 0.29) is 11.6 Å². The van der Waals surface area contributed by atoms with E-state index in [1.54, 1.807) is 55.5 Å². The maximum absolute atomic E-state index is 13.7. The van der Waals surface area contributed by atoms with Gasteiger partial charge in [-0.3, -0.25) is 14.4 Å². The van der Waals surface area contributed by atoms with Crippen LogP contribution in [0.2, 0.25) is 0 Å². The summed E-state index contributed by atoms with van der Waals surface area (Å²) < 4.78 is 5.91. The van der Waals surface area contributed by atoms with E-state index in [9.17, 15) is 19.6 Å². The summed E-state index contributed by atoms with van der Waals surface area (Å²) in [4.78, 5) is 40.9. The van der Waals surface area contributed by atoms with Crippen LogP contribution in [-0.4, -0.2) is 23.0 Å². The number of nitrogens with zero attached hydrogens (tertiary/aromatic N) is 1. The lowest BCUT2D eigenvalue weighted by Crippen LogP contribution is -2.30. The third-order valence-electron chi connectivity index (χ3n) is 8.24. The minimum absolute atomic E-state index is 0.0434. The molecule has 3 N–H and O–H groups in total. The number of thioether (sulfide) groups is 1. The average molecular weight is 749 g/mol. The second-order valence-corrected chi connectivity index (χ2v) is 14.6. The second-order valence-electron chi connectivity index (χ2n) is 12.3. The van der Waals surface area contributed by atoms with Gasteiger partial charge in [-0.2, -0.15) is 5.26 Å². The van der Waals surface area contributed by atoms with E-state index >= 15 is 0 Å². The quantitative estimate of drug-likeness (QED) is 0.0799. The van der Waals surface area contributed by atoms with Crippen LogP contribution in [0, 0.1) is 18.3 Å². The minimum Gasteiger partial charge on any atom is -0.489 e. The van der Waals surface area contributed by atoms with Gasteiger partial charge in [0.15, 0.2) is 0 Å². The summed E-state index contributed by atoms with van der Waals surface area (Å²) in [6, 6.07) is 43.0. The Bertz CT molecular complexity index is 2320.